The predicted molar refractivity (Wildman–Crippen MR) is 86.9 cm³/mol. The Balaban J connectivity index is 2.50. The number of amides is 4. The molecule has 1 saturated heterocycles. The minimum atomic E-state index is -0.814. The maximum Gasteiger partial charge on any atom is 0.331 e. The van der Waals surface area contributed by atoms with Crippen molar-refractivity contribution < 1.29 is 19.5 Å². The fourth-order valence-electron chi connectivity index (χ4n) is 1.84. The molecule has 0 bridgehead atoms. The van der Waals surface area contributed by atoms with Gasteiger partial charge in [-0.25, -0.2) is 4.79 Å². The first kappa shape index (κ1) is 16.4. The molecule has 0 spiro atoms. The topological polar surface area (TPSA) is 86.7 Å². The fourth-order valence-corrected chi connectivity index (χ4v) is 3.10. The summed E-state index contributed by atoms with van der Waals surface area (Å²) in [6.45, 7) is 3.43. The van der Waals surface area contributed by atoms with E-state index in [9.17, 15) is 19.5 Å². The van der Waals surface area contributed by atoms with Crippen LogP contribution < -0.4 is 5.32 Å². The second-order valence-corrected chi connectivity index (χ2v) is 6.12. The zero-order valence-corrected chi connectivity index (χ0v) is 14.3. The molecule has 1 aromatic rings. The van der Waals surface area contributed by atoms with Crippen LogP contribution >= 0.6 is 31.9 Å². The molecular formula is C14H10Br2N2O4. The molecule has 1 aliphatic rings. The molecule has 0 saturated carbocycles. The third-order valence-electron chi connectivity index (χ3n) is 2.85. The number of rotatable bonds is 3. The Morgan fingerprint density at radius 2 is 1.95 bits per heavy atom. The molecule has 1 aliphatic heterocycles. The first-order chi connectivity index (χ1) is 10.3. The standard InChI is InChI=1S/C14H10Br2N2O4/c1-2-3-18-13(21)9(12(20)17-14(18)22)5-7-4-8(15)6-10(16)11(7)19/h2,4-6,19H,1,3H2,(H,17,20,22)/b9-5+. The van der Waals surface area contributed by atoms with Crippen molar-refractivity contribution >= 4 is 55.8 Å². The Hall–Kier alpha value is -1.93. The van der Waals surface area contributed by atoms with Crippen LogP contribution in [0.25, 0.3) is 6.08 Å². The van der Waals surface area contributed by atoms with E-state index in [2.05, 4.69) is 43.8 Å². The highest BCUT2D eigenvalue weighted by molar-refractivity contribution is 9.11. The van der Waals surface area contributed by atoms with Gasteiger partial charge in [0.15, 0.2) is 0 Å². The lowest BCUT2D eigenvalue weighted by Crippen LogP contribution is -2.54. The summed E-state index contributed by atoms with van der Waals surface area (Å²) in [5.41, 5.74) is 0.00871. The largest absolute Gasteiger partial charge is 0.506 e. The van der Waals surface area contributed by atoms with Crippen LogP contribution in [0, 0.1) is 0 Å². The SMILES string of the molecule is C=CCN1C(=O)NC(=O)/C(=C\c2cc(Br)cc(Br)c2O)C1=O. The van der Waals surface area contributed by atoms with Crippen LogP contribution in [0.3, 0.4) is 0 Å². The number of aromatic hydroxyl groups is 1. The van der Waals surface area contributed by atoms with Crippen molar-refractivity contribution in [2.75, 3.05) is 6.54 Å². The lowest BCUT2D eigenvalue weighted by Gasteiger charge is -2.25. The van der Waals surface area contributed by atoms with Gasteiger partial charge in [-0.3, -0.25) is 19.8 Å². The number of phenolic OH excluding ortho intramolecular Hbond substituents is 1. The summed E-state index contributed by atoms with van der Waals surface area (Å²) in [4.78, 5) is 36.6. The maximum absolute atomic E-state index is 12.2. The van der Waals surface area contributed by atoms with Gasteiger partial charge in [-0.05, 0) is 34.1 Å². The first-order valence-corrected chi connectivity index (χ1v) is 7.61. The van der Waals surface area contributed by atoms with Gasteiger partial charge >= 0.3 is 6.03 Å². The molecule has 0 aliphatic carbocycles. The Morgan fingerprint density at radius 1 is 1.27 bits per heavy atom. The van der Waals surface area contributed by atoms with E-state index in [0.29, 0.717) is 8.95 Å². The number of hydrogen-bond donors (Lipinski definition) is 2. The predicted octanol–water partition coefficient (Wildman–Crippen LogP) is 2.57. The van der Waals surface area contributed by atoms with Crippen molar-refractivity contribution in [3.05, 3.63) is 44.9 Å². The number of nitrogens with one attached hydrogen (secondary N) is 1. The van der Waals surface area contributed by atoms with E-state index in [-0.39, 0.29) is 23.4 Å². The van der Waals surface area contributed by atoms with Crippen molar-refractivity contribution in [2.45, 2.75) is 0 Å². The van der Waals surface area contributed by atoms with E-state index >= 15 is 0 Å². The number of benzene rings is 1. The Morgan fingerprint density at radius 3 is 2.59 bits per heavy atom. The van der Waals surface area contributed by atoms with E-state index in [1.54, 1.807) is 12.1 Å². The normalized spacial score (nSPS) is 16.9. The van der Waals surface area contributed by atoms with Gasteiger partial charge in [-0.2, -0.15) is 0 Å². The number of urea groups is 1. The molecule has 8 heteroatoms. The summed E-state index contributed by atoms with van der Waals surface area (Å²) in [5.74, 6) is -1.68. The van der Waals surface area contributed by atoms with Gasteiger partial charge in [0.25, 0.3) is 11.8 Å². The van der Waals surface area contributed by atoms with Crippen molar-refractivity contribution in [3.63, 3.8) is 0 Å². The summed E-state index contributed by atoms with van der Waals surface area (Å²) >= 11 is 6.42. The van der Waals surface area contributed by atoms with Crippen LogP contribution in [0.1, 0.15) is 5.56 Å². The molecular weight excluding hydrogens is 420 g/mol. The van der Waals surface area contributed by atoms with E-state index in [4.69, 9.17) is 0 Å². The Labute approximate surface area is 142 Å². The van der Waals surface area contributed by atoms with Crippen LogP contribution in [0.2, 0.25) is 0 Å². The molecule has 4 amide bonds. The number of hydrogen-bond acceptors (Lipinski definition) is 4. The van der Waals surface area contributed by atoms with Gasteiger partial charge in [0.1, 0.15) is 11.3 Å². The van der Waals surface area contributed by atoms with Crippen LogP contribution in [-0.4, -0.2) is 34.4 Å². The number of imide groups is 2. The van der Waals surface area contributed by atoms with Gasteiger partial charge in [0.05, 0.1) is 4.47 Å². The van der Waals surface area contributed by atoms with Gasteiger partial charge in [0.2, 0.25) is 0 Å². The molecule has 0 aromatic heterocycles. The quantitative estimate of drug-likeness (QED) is 0.439. The molecule has 1 fully saturated rings. The molecule has 2 rings (SSSR count). The first-order valence-electron chi connectivity index (χ1n) is 6.03. The minimum Gasteiger partial charge on any atom is -0.506 e. The minimum absolute atomic E-state index is 0.0244. The number of carbonyl (C=O) groups is 3. The number of barbiturate groups is 1. The highest BCUT2D eigenvalue weighted by Gasteiger charge is 2.35. The number of nitrogens with zero attached hydrogens (tertiary/aromatic N) is 1. The molecule has 0 atom stereocenters. The highest BCUT2D eigenvalue weighted by Crippen LogP contribution is 2.33. The van der Waals surface area contributed by atoms with E-state index < -0.39 is 17.8 Å². The Bertz CT molecular complexity index is 728. The maximum atomic E-state index is 12.2. The van der Waals surface area contributed by atoms with Crippen LogP contribution in [0.5, 0.6) is 5.75 Å². The van der Waals surface area contributed by atoms with E-state index in [0.717, 1.165) is 4.90 Å². The molecule has 0 unspecified atom stereocenters. The molecule has 6 nitrogen and oxygen atoms in total. The molecule has 22 heavy (non-hydrogen) atoms. The van der Waals surface area contributed by atoms with E-state index in [1.807, 2.05) is 0 Å². The summed E-state index contributed by atoms with van der Waals surface area (Å²) in [5, 5.41) is 12.1. The molecule has 114 valence electrons. The smallest absolute Gasteiger partial charge is 0.331 e. The zero-order valence-electron chi connectivity index (χ0n) is 11.1. The molecule has 1 heterocycles. The lowest BCUT2D eigenvalue weighted by atomic mass is 10.1. The van der Waals surface area contributed by atoms with Crippen molar-refractivity contribution in [1.82, 2.24) is 10.2 Å². The Kier molecular flexibility index (Phi) is 4.82. The van der Waals surface area contributed by atoms with Crippen LogP contribution in [-0.2, 0) is 9.59 Å². The zero-order chi connectivity index (χ0) is 16.4. The van der Waals surface area contributed by atoms with Gasteiger partial charge in [-0.1, -0.05) is 22.0 Å². The number of halogens is 2. The second kappa shape index (κ2) is 6.45. The van der Waals surface area contributed by atoms with Gasteiger partial charge < -0.3 is 5.11 Å². The summed E-state index contributed by atoms with van der Waals surface area (Å²) in [6, 6.07) is 2.36. The average molecular weight is 430 g/mol. The third kappa shape index (κ3) is 3.12. The number of phenols is 1. The lowest BCUT2D eigenvalue weighted by molar-refractivity contribution is -0.129. The third-order valence-corrected chi connectivity index (χ3v) is 3.92. The summed E-state index contributed by atoms with van der Waals surface area (Å²) < 4.78 is 1.04. The van der Waals surface area contributed by atoms with Crippen LogP contribution in [0.4, 0.5) is 4.79 Å². The highest BCUT2D eigenvalue weighted by atomic mass is 79.9. The molecule has 1 aromatic carbocycles. The average Bonchev–Trinajstić information content (AvgIpc) is 2.44. The van der Waals surface area contributed by atoms with Crippen molar-refractivity contribution in [1.29, 1.82) is 0 Å². The van der Waals surface area contributed by atoms with Crippen LogP contribution in [0.15, 0.2) is 39.3 Å². The number of carbonyl (C=O) groups excluding carboxylic acids is 3. The fraction of sp³-hybridized carbons (Fsp3) is 0.0714. The monoisotopic (exact) mass is 428 g/mol. The summed E-state index contributed by atoms with van der Waals surface area (Å²) in [7, 11) is 0. The second-order valence-electron chi connectivity index (χ2n) is 4.35. The van der Waals surface area contributed by atoms with Gasteiger partial charge in [-0.15, -0.1) is 6.58 Å². The van der Waals surface area contributed by atoms with Crippen molar-refractivity contribution in [2.24, 2.45) is 0 Å². The van der Waals surface area contributed by atoms with Crippen molar-refractivity contribution in [3.8, 4) is 5.75 Å². The molecule has 0 radical (unpaired) electrons. The molecule has 2 N–H and O–H groups in total. The van der Waals surface area contributed by atoms with Gasteiger partial charge in [0, 0.05) is 16.6 Å². The summed E-state index contributed by atoms with van der Waals surface area (Å²) in [6.07, 6.45) is 2.60. The van der Waals surface area contributed by atoms with E-state index in [1.165, 1.54) is 12.2 Å².